The number of para-hydroxylation sites is 2. The molecule has 12 rings (SSSR count). The van der Waals surface area contributed by atoms with Crippen LogP contribution in [0.15, 0.2) is 249 Å². The molecule has 0 saturated carbocycles. The molecule has 1 heteroatoms. The van der Waals surface area contributed by atoms with Gasteiger partial charge in [-0.2, -0.15) is 0 Å². The number of fused-ring (bicyclic) bond motifs is 4. The third-order valence-electron chi connectivity index (χ3n) is 16.0. The monoisotopic (exact) mass is 980 g/mol. The van der Waals surface area contributed by atoms with Crippen molar-refractivity contribution < 1.29 is 0 Å². The molecule has 0 spiro atoms. The fourth-order valence-corrected chi connectivity index (χ4v) is 11.9. The molecule has 1 aliphatic rings. The highest BCUT2D eigenvalue weighted by atomic mass is 15.1. The van der Waals surface area contributed by atoms with E-state index in [2.05, 4.69) is 309 Å². The highest BCUT2D eigenvalue weighted by molar-refractivity contribution is 6.09. The molecule has 76 heavy (non-hydrogen) atoms. The number of anilines is 3. The highest BCUT2D eigenvalue weighted by Gasteiger charge is 2.37. The minimum atomic E-state index is -0.134. The van der Waals surface area contributed by atoms with Crippen LogP contribution >= 0.6 is 0 Å². The van der Waals surface area contributed by atoms with Crippen molar-refractivity contribution in [2.24, 2.45) is 0 Å². The Morgan fingerprint density at radius 2 is 0.776 bits per heavy atom. The Morgan fingerprint density at radius 3 is 1.39 bits per heavy atom. The second-order valence-corrected chi connectivity index (χ2v) is 23.3. The third-order valence-corrected chi connectivity index (χ3v) is 16.0. The summed E-state index contributed by atoms with van der Waals surface area (Å²) < 4.78 is 0. The summed E-state index contributed by atoms with van der Waals surface area (Å²) in [5.41, 5.74) is 25.6. The van der Waals surface area contributed by atoms with Gasteiger partial charge in [0.15, 0.2) is 0 Å². The molecule has 0 bridgehead atoms. The van der Waals surface area contributed by atoms with Gasteiger partial charge < -0.3 is 4.90 Å². The number of rotatable bonds is 9. The van der Waals surface area contributed by atoms with Gasteiger partial charge in [0.25, 0.3) is 0 Å². The molecule has 11 aromatic rings. The minimum Gasteiger partial charge on any atom is -0.309 e. The summed E-state index contributed by atoms with van der Waals surface area (Å²) in [6, 6.07) is 92.8. The van der Waals surface area contributed by atoms with Gasteiger partial charge in [0.2, 0.25) is 0 Å². The van der Waals surface area contributed by atoms with E-state index in [0.29, 0.717) is 0 Å². The Bertz CT molecular complexity index is 3920. The van der Waals surface area contributed by atoms with Gasteiger partial charge in [0, 0.05) is 22.2 Å². The van der Waals surface area contributed by atoms with Crippen molar-refractivity contribution >= 4 is 27.8 Å². The van der Waals surface area contributed by atoms with Crippen LogP contribution in [-0.2, 0) is 16.2 Å². The van der Waals surface area contributed by atoms with Crippen molar-refractivity contribution in [2.45, 2.75) is 71.6 Å². The first-order valence-corrected chi connectivity index (χ1v) is 27.0. The van der Waals surface area contributed by atoms with Gasteiger partial charge in [-0.3, -0.25) is 0 Å². The Kier molecular flexibility index (Phi) is 12.1. The first kappa shape index (κ1) is 48.4. The van der Waals surface area contributed by atoms with E-state index in [9.17, 15) is 0 Å². The minimum absolute atomic E-state index is 0.0219. The quantitative estimate of drug-likeness (QED) is 0.139. The van der Waals surface area contributed by atoms with Crippen molar-refractivity contribution in [3.8, 4) is 77.9 Å². The summed E-state index contributed by atoms with van der Waals surface area (Å²) in [6.07, 6.45) is 0. The molecule has 0 unspecified atom stereocenters. The predicted molar refractivity (Wildman–Crippen MR) is 326 cm³/mol. The maximum Gasteiger partial charge on any atom is 0.0540 e. The first-order chi connectivity index (χ1) is 36.7. The van der Waals surface area contributed by atoms with Crippen molar-refractivity contribution in [1.82, 2.24) is 0 Å². The third kappa shape index (κ3) is 8.64. The molecule has 0 radical (unpaired) electrons. The van der Waals surface area contributed by atoms with Crippen LogP contribution in [0.3, 0.4) is 0 Å². The lowest BCUT2D eigenvalue weighted by Crippen LogP contribution is -2.16. The molecule has 1 nitrogen and oxygen atoms in total. The molecule has 1 aliphatic carbocycles. The fraction of sp³-hybridized carbons (Fsp3) is 0.147. The summed E-state index contributed by atoms with van der Waals surface area (Å²) in [7, 11) is 0. The summed E-state index contributed by atoms with van der Waals surface area (Å²) >= 11 is 0. The van der Waals surface area contributed by atoms with Crippen LogP contribution in [0.4, 0.5) is 17.1 Å². The molecular weight excluding hydrogens is 915 g/mol. The van der Waals surface area contributed by atoms with Crippen LogP contribution in [0.2, 0.25) is 0 Å². The smallest absolute Gasteiger partial charge is 0.0540 e. The maximum atomic E-state index is 2.52. The molecule has 0 fully saturated rings. The largest absolute Gasteiger partial charge is 0.309 e. The predicted octanol–water partition coefficient (Wildman–Crippen LogP) is 21.2. The second-order valence-electron chi connectivity index (χ2n) is 23.3. The lowest BCUT2D eigenvalue weighted by Gasteiger charge is -2.31. The maximum absolute atomic E-state index is 2.52. The number of benzene rings is 11. The van der Waals surface area contributed by atoms with Crippen LogP contribution in [0.25, 0.3) is 88.7 Å². The number of hydrogen-bond donors (Lipinski definition) is 0. The summed E-state index contributed by atoms with van der Waals surface area (Å²) in [4.78, 5) is 2.52. The Labute approximate surface area is 450 Å². The van der Waals surface area contributed by atoms with Crippen LogP contribution in [-0.4, -0.2) is 0 Å². The number of nitrogens with zero attached hydrogens (tertiary/aromatic N) is 1. The van der Waals surface area contributed by atoms with E-state index in [4.69, 9.17) is 0 Å². The molecule has 0 atom stereocenters. The first-order valence-electron chi connectivity index (χ1n) is 27.0. The van der Waals surface area contributed by atoms with Crippen molar-refractivity contribution in [3.05, 3.63) is 271 Å². The molecule has 0 aliphatic heterocycles. The van der Waals surface area contributed by atoms with Gasteiger partial charge in [-0.1, -0.05) is 274 Å². The SMILES string of the molecule is CC(C)(C)c1cc(-c2cccc3cccc(-c4ccccc4N(c4ccc(-c5ccc(-c6ccccc6)c(-c6ccccc6)c5)cc4)c4ccccc4-c4cccc5c4-c4ccccc4C5(C)C)c23)cc(C(C)(C)C)c1. The molecular formula is C75H65N. The molecule has 0 N–H and O–H groups in total. The fourth-order valence-electron chi connectivity index (χ4n) is 11.9. The van der Waals surface area contributed by atoms with E-state index in [1.165, 1.54) is 99.8 Å². The lowest BCUT2D eigenvalue weighted by molar-refractivity contribution is 0.569. The van der Waals surface area contributed by atoms with Crippen LogP contribution in [0, 0.1) is 0 Å². The van der Waals surface area contributed by atoms with Crippen LogP contribution in [0.5, 0.6) is 0 Å². The van der Waals surface area contributed by atoms with Gasteiger partial charge in [-0.05, 0) is 141 Å². The van der Waals surface area contributed by atoms with Gasteiger partial charge >= 0.3 is 0 Å². The zero-order valence-electron chi connectivity index (χ0n) is 45.1. The summed E-state index contributed by atoms with van der Waals surface area (Å²) in [5.74, 6) is 0. The van der Waals surface area contributed by atoms with Crippen molar-refractivity contribution in [1.29, 1.82) is 0 Å². The Balaban J connectivity index is 1.08. The standard InChI is InChI=1S/C75H65N/c1-73(2,3)56-46-55(47-57(49-56)74(4,5)6)60-33-21-28-53-29-22-34-63(71(53)60)61-30-16-19-38-69(61)76(70-39-20-17-31-62(70)64-35-23-37-68-72(64)65-32-15-18-36-67(65)75(68,7)8)58-43-40-50(41-44-58)54-42-45-59(51-24-11-9-12-25-51)66(48-54)52-26-13-10-14-27-52/h9-49H,1-8H3. The Morgan fingerprint density at radius 1 is 0.303 bits per heavy atom. The van der Waals surface area contributed by atoms with E-state index in [1.54, 1.807) is 0 Å². The molecule has 0 heterocycles. The summed E-state index contributed by atoms with van der Waals surface area (Å²) in [5, 5.41) is 2.47. The van der Waals surface area contributed by atoms with Crippen LogP contribution in [0.1, 0.15) is 77.6 Å². The van der Waals surface area contributed by atoms with Gasteiger partial charge in [-0.25, -0.2) is 0 Å². The molecule has 370 valence electrons. The second kappa shape index (κ2) is 19.0. The number of hydrogen-bond acceptors (Lipinski definition) is 1. The van der Waals surface area contributed by atoms with Gasteiger partial charge in [0.05, 0.1) is 11.4 Å². The molecule has 0 amide bonds. The van der Waals surface area contributed by atoms with Crippen molar-refractivity contribution in [2.75, 3.05) is 4.90 Å². The Hall–Kier alpha value is -8.52. The highest BCUT2D eigenvalue weighted by Crippen LogP contribution is 2.55. The van der Waals surface area contributed by atoms with E-state index >= 15 is 0 Å². The van der Waals surface area contributed by atoms with Gasteiger partial charge in [-0.15, -0.1) is 0 Å². The van der Waals surface area contributed by atoms with E-state index in [0.717, 1.165) is 28.2 Å². The topological polar surface area (TPSA) is 3.24 Å². The van der Waals surface area contributed by atoms with Crippen molar-refractivity contribution in [3.63, 3.8) is 0 Å². The molecule has 0 saturated heterocycles. The average Bonchev–Trinajstić information content (AvgIpc) is 3.91. The van der Waals surface area contributed by atoms with E-state index in [-0.39, 0.29) is 16.2 Å². The van der Waals surface area contributed by atoms with Crippen LogP contribution < -0.4 is 4.90 Å². The molecule has 11 aromatic carbocycles. The zero-order chi connectivity index (χ0) is 52.3. The lowest BCUT2D eigenvalue weighted by atomic mass is 9.78. The van der Waals surface area contributed by atoms with Gasteiger partial charge in [0.1, 0.15) is 0 Å². The van der Waals surface area contributed by atoms with E-state index in [1.807, 2.05) is 0 Å². The normalized spacial score (nSPS) is 12.8. The van der Waals surface area contributed by atoms with E-state index < -0.39 is 0 Å². The zero-order valence-corrected chi connectivity index (χ0v) is 45.1. The molecule has 0 aromatic heterocycles. The average molecular weight is 980 g/mol. The summed E-state index contributed by atoms with van der Waals surface area (Å²) in [6.45, 7) is 18.7.